The molecule has 2 aromatic rings. The fourth-order valence-electron chi connectivity index (χ4n) is 1.98. The molecule has 1 aromatic heterocycles. The smallest absolute Gasteiger partial charge is 0.367 e. The number of methoxy groups -OCH3 is 1. The molecule has 0 N–H and O–H groups in total. The molecule has 19 heavy (non-hydrogen) atoms. The summed E-state index contributed by atoms with van der Waals surface area (Å²) >= 11 is 1.45. The lowest BCUT2D eigenvalue weighted by atomic mass is 10.1. The fourth-order valence-corrected chi connectivity index (χ4v) is 3.17. The maximum Gasteiger partial charge on any atom is 0.367 e. The van der Waals surface area contributed by atoms with Crippen LogP contribution in [0, 0.1) is 0 Å². The minimum atomic E-state index is -0.304. The third kappa shape index (κ3) is 2.72. The Morgan fingerprint density at radius 2 is 2.11 bits per heavy atom. The summed E-state index contributed by atoms with van der Waals surface area (Å²) in [6, 6.07) is 5.86. The lowest BCUT2D eigenvalue weighted by Crippen LogP contribution is -2.18. The highest BCUT2D eigenvalue weighted by molar-refractivity contribution is 7.21. The average molecular weight is 279 g/mol. The second-order valence-electron chi connectivity index (χ2n) is 4.32. The van der Waals surface area contributed by atoms with E-state index in [4.69, 9.17) is 9.57 Å². The maximum absolute atomic E-state index is 12.1. The number of hydroxylamine groups is 2. The summed E-state index contributed by atoms with van der Waals surface area (Å²) in [6.07, 6.45) is 0.796. The number of nitrogens with zero attached hydrogens (tertiary/aromatic N) is 1. The van der Waals surface area contributed by atoms with Gasteiger partial charge in [0.1, 0.15) is 10.6 Å². The van der Waals surface area contributed by atoms with Crippen molar-refractivity contribution in [3.63, 3.8) is 0 Å². The molecule has 0 radical (unpaired) electrons. The van der Waals surface area contributed by atoms with Crippen molar-refractivity contribution in [2.24, 2.45) is 0 Å². The molecule has 0 atom stereocenters. The molecule has 0 aliphatic rings. The van der Waals surface area contributed by atoms with E-state index in [1.807, 2.05) is 25.1 Å². The highest BCUT2D eigenvalue weighted by Crippen LogP contribution is 2.34. The number of rotatable bonds is 4. The molecule has 102 valence electrons. The van der Waals surface area contributed by atoms with Crippen LogP contribution in [-0.2, 0) is 11.3 Å². The van der Waals surface area contributed by atoms with Crippen LogP contribution < -0.4 is 4.74 Å². The molecule has 1 aromatic carbocycles. The summed E-state index contributed by atoms with van der Waals surface area (Å²) in [5.74, 6) is 0.492. The predicted molar refractivity (Wildman–Crippen MR) is 76.9 cm³/mol. The van der Waals surface area contributed by atoms with Gasteiger partial charge in [-0.2, -0.15) is 0 Å². The number of hydrogen-bond acceptors (Lipinski definition) is 5. The van der Waals surface area contributed by atoms with E-state index in [0.717, 1.165) is 27.8 Å². The molecule has 0 aliphatic heterocycles. The van der Waals surface area contributed by atoms with Gasteiger partial charge in [0.15, 0.2) is 0 Å². The predicted octanol–water partition coefficient (Wildman–Crippen LogP) is 3.11. The fraction of sp³-hybridized carbons (Fsp3) is 0.357. The highest BCUT2D eigenvalue weighted by Gasteiger charge is 2.19. The molecule has 0 spiro atoms. The van der Waals surface area contributed by atoms with Crippen LogP contribution in [0.25, 0.3) is 10.1 Å². The van der Waals surface area contributed by atoms with Crippen LogP contribution in [0.15, 0.2) is 18.2 Å². The van der Waals surface area contributed by atoms with Crippen molar-refractivity contribution in [3.8, 4) is 5.75 Å². The molecule has 1 heterocycles. The summed E-state index contributed by atoms with van der Waals surface area (Å²) in [6.45, 7) is 2.04. The standard InChI is InChI=1S/C14H17NO3S/c1-5-10-11-7-6-9(17-4)8-12(11)19-13(10)14(16)18-15(2)3/h6-8H,5H2,1-4H3. The maximum atomic E-state index is 12.1. The van der Waals surface area contributed by atoms with Crippen LogP contribution in [0.2, 0.25) is 0 Å². The topological polar surface area (TPSA) is 38.8 Å². The van der Waals surface area contributed by atoms with E-state index >= 15 is 0 Å². The first-order valence-corrected chi connectivity index (χ1v) is 6.87. The first-order chi connectivity index (χ1) is 9.06. The van der Waals surface area contributed by atoms with E-state index in [1.165, 1.54) is 16.4 Å². The molecular formula is C14H17NO3S. The Morgan fingerprint density at radius 1 is 1.37 bits per heavy atom. The van der Waals surface area contributed by atoms with Crippen LogP contribution in [0.1, 0.15) is 22.2 Å². The van der Waals surface area contributed by atoms with Crippen molar-refractivity contribution in [1.82, 2.24) is 5.06 Å². The Bertz CT molecular complexity index is 604. The quantitative estimate of drug-likeness (QED) is 0.806. The second-order valence-corrected chi connectivity index (χ2v) is 5.37. The molecule has 0 saturated heterocycles. The van der Waals surface area contributed by atoms with Gasteiger partial charge in [0.25, 0.3) is 0 Å². The van der Waals surface area contributed by atoms with Crippen molar-refractivity contribution in [2.75, 3.05) is 21.2 Å². The summed E-state index contributed by atoms with van der Waals surface area (Å²) in [4.78, 5) is 17.9. The largest absolute Gasteiger partial charge is 0.497 e. The molecule has 0 saturated carbocycles. The van der Waals surface area contributed by atoms with Crippen LogP contribution in [0.3, 0.4) is 0 Å². The first kappa shape index (κ1) is 13.8. The second kappa shape index (κ2) is 5.59. The Balaban J connectivity index is 2.51. The molecule has 0 amide bonds. The molecule has 0 bridgehead atoms. The Hall–Kier alpha value is -1.59. The molecule has 4 nitrogen and oxygen atoms in total. The van der Waals surface area contributed by atoms with Gasteiger partial charge < -0.3 is 9.57 Å². The Kier molecular flexibility index (Phi) is 4.07. The molecule has 5 heteroatoms. The SMILES string of the molecule is CCc1c(C(=O)ON(C)C)sc2cc(OC)ccc12. The number of ether oxygens (including phenoxy) is 1. The summed E-state index contributed by atoms with van der Waals surface area (Å²) in [5, 5.41) is 2.51. The van der Waals surface area contributed by atoms with Crippen LogP contribution in [0.5, 0.6) is 5.75 Å². The Labute approximate surface area is 116 Å². The molecule has 0 aliphatic carbocycles. The molecule has 0 unspecified atom stereocenters. The van der Waals surface area contributed by atoms with Gasteiger partial charge in [-0.05, 0) is 35.6 Å². The van der Waals surface area contributed by atoms with E-state index in [9.17, 15) is 4.79 Å². The molecular weight excluding hydrogens is 262 g/mol. The van der Waals surface area contributed by atoms with Gasteiger partial charge >= 0.3 is 5.97 Å². The van der Waals surface area contributed by atoms with Crippen LogP contribution >= 0.6 is 11.3 Å². The lowest BCUT2D eigenvalue weighted by Gasteiger charge is -2.09. The number of hydrogen-bond donors (Lipinski definition) is 0. The number of fused-ring (bicyclic) bond motifs is 1. The van der Waals surface area contributed by atoms with Crippen molar-refractivity contribution < 1.29 is 14.4 Å². The Morgan fingerprint density at radius 3 is 2.68 bits per heavy atom. The van der Waals surface area contributed by atoms with Crippen LogP contribution in [-0.4, -0.2) is 32.2 Å². The molecule has 2 rings (SSSR count). The van der Waals surface area contributed by atoms with Crippen molar-refractivity contribution in [2.45, 2.75) is 13.3 Å². The van der Waals surface area contributed by atoms with Gasteiger partial charge in [0, 0.05) is 18.8 Å². The number of aryl methyl sites for hydroxylation is 1. The summed E-state index contributed by atoms with van der Waals surface area (Å²) in [5.41, 5.74) is 1.04. The van der Waals surface area contributed by atoms with Crippen LogP contribution in [0.4, 0.5) is 0 Å². The van der Waals surface area contributed by atoms with Gasteiger partial charge in [0.2, 0.25) is 0 Å². The zero-order valence-corrected chi connectivity index (χ0v) is 12.3. The van der Waals surface area contributed by atoms with E-state index in [0.29, 0.717) is 4.88 Å². The van der Waals surface area contributed by atoms with Gasteiger partial charge in [-0.25, -0.2) is 4.79 Å². The van der Waals surface area contributed by atoms with E-state index in [2.05, 4.69) is 0 Å². The van der Waals surface area contributed by atoms with Gasteiger partial charge in [-0.3, -0.25) is 0 Å². The monoisotopic (exact) mass is 279 g/mol. The highest BCUT2D eigenvalue weighted by atomic mass is 32.1. The van der Waals surface area contributed by atoms with Crippen molar-refractivity contribution >= 4 is 27.4 Å². The van der Waals surface area contributed by atoms with Crippen molar-refractivity contribution in [3.05, 3.63) is 28.6 Å². The normalized spacial score (nSPS) is 11.0. The third-order valence-corrected chi connectivity index (χ3v) is 3.98. The summed E-state index contributed by atoms with van der Waals surface area (Å²) in [7, 11) is 5.02. The summed E-state index contributed by atoms with van der Waals surface area (Å²) < 4.78 is 6.26. The number of carbonyl (C=O) groups excluding carboxylic acids is 1. The van der Waals surface area contributed by atoms with Gasteiger partial charge in [-0.15, -0.1) is 16.4 Å². The number of carbonyl (C=O) groups is 1. The zero-order chi connectivity index (χ0) is 14.0. The van der Waals surface area contributed by atoms with E-state index in [-0.39, 0.29) is 5.97 Å². The minimum absolute atomic E-state index is 0.304. The number of thiophene rings is 1. The zero-order valence-electron chi connectivity index (χ0n) is 11.5. The van der Waals surface area contributed by atoms with E-state index < -0.39 is 0 Å². The first-order valence-electron chi connectivity index (χ1n) is 6.05. The van der Waals surface area contributed by atoms with Crippen molar-refractivity contribution in [1.29, 1.82) is 0 Å². The van der Waals surface area contributed by atoms with Gasteiger partial charge in [-0.1, -0.05) is 6.92 Å². The lowest BCUT2D eigenvalue weighted by molar-refractivity contribution is -0.0709. The average Bonchev–Trinajstić information content (AvgIpc) is 2.75. The number of benzene rings is 1. The minimum Gasteiger partial charge on any atom is -0.497 e. The van der Waals surface area contributed by atoms with Gasteiger partial charge in [0.05, 0.1) is 7.11 Å². The third-order valence-electron chi connectivity index (χ3n) is 2.80. The molecule has 0 fully saturated rings. The van der Waals surface area contributed by atoms with E-state index in [1.54, 1.807) is 21.2 Å².